The Labute approximate surface area is 228 Å². The van der Waals surface area contributed by atoms with Crippen LogP contribution in [-0.2, 0) is 6.54 Å². The number of aromatic nitrogens is 3. The van der Waals surface area contributed by atoms with Gasteiger partial charge in [-0.2, -0.15) is 28.1 Å². The first-order valence-corrected chi connectivity index (χ1v) is 12.7. The molecule has 9 rings (SSSR count). The molecule has 40 heavy (non-hydrogen) atoms. The van der Waals surface area contributed by atoms with Crippen molar-refractivity contribution in [1.29, 1.82) is 0 Å². The zero-order chi connectivity index (χ0) is 28.1. The highest BCUT2D eigenvalue weighted by atomic mass is 19.4. The van der Waals surface area contributed by atoms with Crippen molar-refractivity contribution in [3.8, 4) is 11.8 Å². The smallest absolute Gasteiger partial charge is 0.422 e. The molecule has 1 fully saturated rings. The average Bonchev–Trinajstić information content (AvgIpc) is 2.90. The van der Waals surface area contributed by atoms with Crippen LogP contribution in [0.15, 0.2) is 60.7 Å². The van der Waals surface area contributed by atoms with Crippen LogP contribution >= 0.6 is 0 Å². The van der Waals surface area contributed by atoms with Crippen molar-refractivity contribution >= 4 is 23.5 Å². The number of ether oxygens (including phenoxy) is 2. The van der Waals surface area contributed by atoms with Crippen LogP contribution in [0.2, 0.25) is 0 Å². The third kappa shape index (κ3) is 7.38. The lowest BCUT2D eigenvalue weighted by Gasteiger charge is -2.39. The lowest BCUT2D eigenvalue weighted by Crippen LogP contribution is -2.53. The Bertz CT molecular complexity index is 1340. The predicted molar refractivity (Wildman–Crippen MR) is 142 cm³/mol. The third-order valence-electron chi connectivity index (χ3n) is 6.24. The number of benzene rings is 2. The zero-order valence-electron chi connectivity index (χ0n) is 21.5. The van der Waals surface area contributed by atoms with Crippen LogP contribution in [-0.4, -0.2) is 71.3 Å². The summed E-state index contributed by atoms with van der Waals surface area (Å²) in [5.74, 6) is 0.956. The fourth-order valence-electron chi connectivity index (χ4n) is 4.15. The summed E-state index contributed by atoms with van der Waals surface area (Å²) < 4.78 is 48.8. The maximum absolute atomic E-state index is 12.8. The summed E-state index contributed by atoms with van der Waals surface area (Å²) in [5, 5.41) is 9.31. The van der Waals surface area contributed by atoms with Crippen LogP contribution in [0.4, 0.5) is 30.8 Å². The number of halogens is 3. The van der Waals surface area contributed by atoms with Crippen LogP contribution in [0, 0.1) is 5.92 Å². The van der Waals surface area contributed by atoms with E-state index in [-0.39, 0.29) is 24.3 Å². The van der Waals surface area contributed by atoms with E-state index < -0.39 is 18.8 Å². The maximum Gasteiger partial charge on any atom is 0.422 e. The molecule has 0 spiro atoms. The largest absolute Gasteiger partial charge is 0.489 e. The Morgan fingerprint density at radius 1 is 1.00 bits per heavy atom. The number of rotatable bonds is 2. The normalized spacial score (nSPS) is 16.8. The van der Waals surface area contributed by atoms with E-state index in [1.807, 2.05) is 24.3 Å². The van der Waals surface area contributed by atoms with Gasteiger partial charge in [0, 0.05) is 49.9 Å². The van der Waals surface area contributed by atoms with E-state index in [0.717, 1.165) is 17.7 Å². The predicted octanol–water partition coefficient (Wildman–Crippen LogP) is 3.78. The summed E-state index contributed by atoms with van der Waals surface area (Å²) in [6.45, 7) is 5.86. The molecule has 3 aromatic rings. The van der Waals surface area contributed by atoms with Gasteiger partial charge in [-0.1, -0.05) is 18.7 Å². The standard InChI is InChI=1S/C27H28F3N7O3/c1-17-10-31-11-19-13-37(14-19)23(38)20-4-6-21(7-5-20)33-25-34-24(35-26(36-25)40-16-27(28,29)30)32-12-18-2-8-22(9-3-18)39-15-17/h2-9,19,31H,1,10-16H2,(H2,32,33,34,35,36). The number of anilines is 3. The first kappa shape index (κ1) is 27.2. The molecule has 0 unspecified atom stereocenters. The van der Waals surface area contributed by atoms with Crippen molar-refractivity contribution in [3.63, 3.8) is 0 Å². The number of hydrogen-bond donors (Lipinski definition) is 3. The average molecular weight is 556 g/mol. The first-order chi connectivity index (χ1) is 19.2. The molecule has 3 N–H and O–H groups in total. The molecule has 1 saturated heterocycles. The minimum absolute atomic E-state index is 0.0207. The van der Waals surface area contributed by atoms with Gasteiger partial charge in [0.1, 0.15) is 12.4 Å². The molecule has 0 aliphatic carbocycles. The number of carbonyl (C=O) groups excluding carboxylic acids is 1. The van der Waals surface area contributed by atoms with Crippen molar-refractivity contribution < 1.29 is 27.4 Å². The van der Waals surface area contributed by atoms with Crippen LogP contribution in [0.25, 0.3) is 0 Å². The monoisotopic (exact) mass is 555 g/mol. The number of amides is 1. The fourth-order valence-corrected chi connectivity index (χ4v) is 4.15. The Morgan fingerprint density at radius 3 is 2.45 bits per heavy atom. The number of carbonyl (C=O) groups is 1. The third-order valence-corrected chi connectivity index (χ3v) is 6.24. The van der Waals surface area contributed by atoms with E-state index >= 15 is 0 Å². The minimum Gasteiger partial charge on any atom is -0.489 e. The molecule has 0 radical (unpaired) electrons. The summed E-state index contributed by atoms with van der Waals surface area (Å²) in [6, 6.07) is 13.5. The SMILES string of the molecule is C=C1CNCC2CN(C2)C(=O)c2ccc(cc2)Nc2nc(nc(OCC(F)(F)F)n2)NCc2ccc(cc2)OC1. The van der Waals surface area contributed by atoms with Crippen molar-refractivity contribution in [1.82, 2.24) is 25.2 Å². The summed E-state index contributed by atoms with van der Waals surface area (Å²) in [4.78, 5) is 26.8. The zero-order valence-corrected chi connectivity index (χ0v) is 21.5. The number of nitrogens with one attached hydrogen (secondary N) is 3. The molecule has 7 heterocycles. The van der Waals surface area contributed by atoms with E-state index in [4.69, 9.17) is 9.47 Å². The van der Waals surface area contributed by atoms with Gasteiger partial charge in [0.15, 0.2) is 6.61 Å². The van der Waals surface area contributed by atoms with E-state index in [0.29, 0.717) is 49.2 Å². The molecule has 8 bridgehead atoms. The summed E-state index contributed by atoms with van der Waals surface area (Å²) in [5.41, 5.74) is 2.82. The van der Waals surface area contributed by atoms with Crippen LogP contribution in [0.1, 0.15) is 15.9 Å². The van der Waals surface area contributed by atoms with Crippen molar-refractivity contribution in [2.24, 2.45) is 5.92 Å². The summed E-state index contributed by atoms with van der Waals surface area (Å²) in [7, 11) is 0. The molecule has 1 aromatic heterocycles. The molecule has 1 amide bonds. The Hall–Kier alpha value is -4.39. The fraction of sp³-hybridized carbons (Fsp3) is 0.333. The second kappa shape index (κ2) is 11.8. The lowest BCUT2D eigenvalue weighted by molar-refractivity contribution is -0.154. The molecule has 0 atom stereocenters. The lowest BCUT2D eigenvalue weighted by atomic mass is 9.98. The van der Waals surface area contributed by atoms with Gasteiger partial charge in [0.05, 0.1) is 0 Å². The van der Waals surface area contributed by atoms with Gasteiger partial charge in [-0.15, -0.1) is 0 Å². The van der Waals surface area contributed by atoms with Gasteiger partial charge < -0.3 is 30.3 Å². The molecule has 2 aromatic carbocycles. The van der Waals surface area contributed by atoms with Crippen molar-refractivity contribution in [2.45, 2.75) is 12.7 Å². The second-order valence-corrected chi connectivity index (χ2v) is 9.61. The maximum atomic E-state index is 12.8. The van der Waals surface area contributed by atoms with Gasteiger partial charge in [-0.25, -0.2) is 0 Å². The molecule has 0 saturated carbocycles. The Kier molecular flexibility index (Phi) is 8.01. The second-order valence-electron chi connectivity index (χ2n) is 9.61. The van der Waals surface area contributed by atoms with Crippen LogP contribution in [0.3, 0.4) is 0 Å². The Morgan fingerprint density at radius 2 is 1.73 bits per heavy atom. The van der Waals surface area contributed by atoms with Gasteiger partial charge >= 0.3 is 12.2 Å². The molecule has 210 valence electrons. The molecular formula is C27H28F3N7O3. The van der Waals surface area contributed by atoms with E-state index in [9.17, 15) is 18.0 Å². The van der Waals surface area contributed by atoms with E-state index in [2.05, 4.69) is 37.5 Å². The quantitative estimate of drug-likeness (QED) is 0.407. The van der Waals surface area contributed by atoms with Crippen molar-refractivity contribution in [2.75, 3.05) is 50.0 Å². The first-order valence-electron chi connectivity index (χ1n) is 12.7. The van der Waals surface area contributed by atoms with Gasteiger partial charge in [0.25, 0.3) is 5.91 Å². The summed E-state index contributed by atoms with van der Waals surface area (Å²) >= 11 is 0. The highest BCUT2D eigenvalue weighted by Gasteiger charge is 2.31. The van der Waals surface area contributed by atoms with Crippen LogP contribution in [0.5, 0.6) is 11.8 Å². The molecule has 6 aliphatic rings. The molecule has 13 heteroatoms. The van der Waals surface area contributed by atoms with E-state index in [1.54, 1.807) is 29.2 Å². The van der Waals surface area contributed by atoms with Gasteiger partial charge in [-0.3, -0.25) is 4.79 Å². The summed E-state index contributed by atoms with van der Waals surface area (Å²) in [6.07, 6.45) is -4.56. The number of nitrogens with zero attached hydrogens (tertiary/aromatic N) is 4. The van der Waals surface area contributed by atoms with Gasteiger partial charge in [-0.05, 0) is 47.5 Å². The molecule has 10 nitrogen and oxygen atoms in total. The topological polar surface area (TPSA) is 114 Å². The molecular weight excluding hydrogens is 527 g/mol. The van der Waals surface area contributed by atoms with Gasteiger partial charge in [0.2, 0.25) is 11.9 Å². The van der Waals surface area contributed by atoms with E-state index in [1.165, 1.54) is 0 Å². The Balaban J connectivity index is 1.37. The minimum atomic E-state index is -4.56. The highest BCUT2D eigenvalue weighted by molar-refractivity contribution is 5.95. The van der Waals surface area contributed by atoms with Crippen LogP contribution < -0.4 is 25.4 Å². The number of alkyl halides is 3. The number of hydrogen-bond acceptors (Lipinski definition) is 9. The van der Waals surface area contributed by atoms with Crippen molar-refractivity contribution in [3.05, 3.63) is 71.8 Å². The highest BCUT2D eigenvalue weighted by Crippen LogP contribution is 2.23. The molecule has 6 aliphatic heterocycles.